The maximum Gasteiger partial charge on any atom is 0.311 e. The molecule has 0 saturated heterocycles. The Morgan fingerprint density at radius 2 is 1.77 bits per heavy atom. The zero-order valence-electron chi connectivity index (χ0n) is 17.4. The van der Waals surface area contributed by atoms with E-state index in [1.807, 2.05) is 0 Å². The van der Waals surface area contributed by atoms with Crippen molar-refractivity contribution >= 4 is 23.3 Å². The molecule has 8 heteroatoms. The van der Waals surface area contributed by atoms with E-state index in [4.69, 9.17) is 9.47 Å². The van der Waals surface area contributed by atoms with Crippen molar-refractivity contribution in [1.29, 1.82) is 0 Å². The Kier molecular flexibility index (Phi) is 5.42. The van der Waals surface area contributed by atoms with E-state index < -0.39 is 10.8 Å². The van der Waals surface area contributed by atoms with Gasteiger partial charge < -0.3 is 14.8 Å². The zero-order valence-corrected chi connectivity index (χ0v) is 17.4. The first-order valence-electron chi connectivity index (χ1n) is 10.6. The fraction of sp³-hybridized carbons (Fsp3) is 0.636. The molecule has 0 atom stereocenters. The number of hydrogen-bond donors (Lipinski definition) is 1. The van der Waals surface area contributed by atoms with Crippen LogP contribution in [0, 0.1) is 40.2 Å². The van der Waals surface area contributed by atoms with Crippen LogP contribution in [-0.2, 0) is 14.3 Å². The van der Waals surface area contributed by atoms with Gasteiger partial charge in [0.25, 0.3) is 5.91 Å². The van der Waals surface area contributed by atoms with Crippen LogP contribution in [0.2, 0.25) is 0 Å². The molecule has 1 aromatic rings. The van der Waals surface area contributed by atoms with Gasteiger partial charge >= 0.3 is 11.7 Å². The normalized spacial score (nSPS) is 28.8. The summed E-state index contributed by atoms with van der Waals surface area (Å²) in [6.07, 6.45) is 7.68. The van der Waals surface area contributed by atoms with Crippen molar-refractivity contribution in [3.8, 4) is 5.75 Å². The first-order chi connectivity index (χ1) is 14.3. The van der Waals surface area contributed by atoms with Gasteiger partial charge in [0.2, 0.25) is 0 Å². The number of ether oxygens (including phenoxy) is 2. The van der Waals surface area contributed by atoms with Gasteiger partial charge in [-0.15, -0.1) is 0 Å². The van der Waals surface area contributed by atoms with Crippen molar-refractivity contribution < 1.29 is 24.0 Å². The summed E-state index contributed by atoms with van der Waals surface area (Å²) in [7, 11) is 1.33. The van der Waals surface area contributed by atoms with E-state index in [1.165, 1.54) is 38.5 Å². The van der Waals surface area contributed by atoms with Crippen molar-refractivity contribution in [2.75, 3.05) is 19.0 Å². The third-order valence-electron chi connectivity index (χ3n) is 7.05. The summed E-state index contributed by atoms with van der Waals surface area (Å²) in [5.41, 5.74) is 0.815. The Bertz CT molecular complexity index is 845. The average molecular weight is 416 g/mol. The molecule has 4 fully saturated rings. The number of rotatable bonds is 7. The molecular formula is C22H28N2O6. The second-order valence-corrected chi connectivity index (χ2v) is 9.40. The Hall–Kier alpha value is -2.64. The molecule has 1 amide bonds. The molecule has 162 valence electrons. The second kappa shape index (κ2) is 7.89. The highest BCUT2D eigenvalue weighted by Crippen LogP contribution is 2.61. The van der Waals surface area contributed by atoms with Crippen LogP contribution in [0.1, 0.15) is 50.5 Å². The lowest BCUT2D eigenvalue weighted by Gasteiger charge is -2.56. The Morgan fingerprint density at radius 3 is 2.30 bits per heavy atom. The van der Waals surface area contributed by atoms with E-state index in [1.54, 1.807) is 6.92 Å². The van der Waals surface area contributed by atoms with Gasteiger partial charge in [0, 0.05) is 17.8 Å². The smallest absolute Gasteiger partial charge is 0.311 e. The highest BCUT2D eigenvalue weighted by molar-refractivity contribution is 5.94. The van der Waals surface area contributed by atoms with E-state index in [0.717, 1.165) is 37.0 Å². The van der Waals surface area contributed by atoms with E-state index in [-0.39, 0.29) is 29.4 Å². The molecule has 4 aliphatic rings. The van der Waals surface area contributed by atoms with Gasteiger partial charge in [0.05, 0.1) is 18.5 Å². The van der Waals surface area contributed by atoms with Gasteiger partial charge in [-0.25, -0.2) is 0 Å². The van der Waals surface area contributed by atoms with Crippen LogP contribution >= 0.6 is 0 Å². The molecule has 0 aromatic heterocycles. The van der Waals surface area contributed by atoms with Crippen LogP contribution < -0.4 is 10.1 Å². The van der Waals surface area contributed by atoms with E-state index >= 15 is 0 Å². The minimum absolute atomic E-state index is 0.0553. The van der Waals surface area contributed by atoms with Crippen LogP contribution in [0.25, 0.3) is 0 Å². The number of nitro groups is 1. The Balaban J connectivity index is 1.32. The minimum atomic E-state index is -0.538. The van der Waals surface area contributed by atoms with Gasteiger partial charge in [0.15, 0.2) is 12.4 Å². The number of benzene rings is 1. The van der Waals surface area contributed by atoms with Crippen LogP contribution in [0.4, 0.5) is 11.4 Å². The predicted octanol–water partition coefficient (Wildman–Crippen LogP) is 4.00. The fourth-order valence-electron chi connectivity index (χ4n) is 6.31. The predicted molar refractivity (Wildman–Crippen MR) is 109 cm³/mol. The van der Waals surface area contributed by atoms with Crippen LogP contribution in [0.15, 0.2) is 12.1 Å². The average Bonchev–Trinajstić information content (AvgIpc) is 2.66. The molecule has 0 unspecified atom stereocenters. The van der Waals surface area contributed by atoms with Gasteiger partial charge in [-0.05, 0) is 74.2 Å². The lowest BCUT2D eigenvalue weighted by molar-refractivity contribution is -0.385. The highest BCUT2D eigenvalue weighted by atomic mass is 16.6. The van der Waals surface area contributed by atoms with Crippen LogP contribution in [0.3, 0.4) is 0 Å². The largest absolute Gasteiger partial charge is 0.490 e. The molecular weight excluding hydrogens is 388 g/mol. The number of anilines is 1. The third kappa shape index (κ3) is 4.13. The fourth-order valence-corrected chi connectivity index (χ4v) is 6.31. The standard InChI is InChI=1S/C22H28N2O6/c1-13-3-18(24(27)28)19(29-2)7-17(13)23-20(25)12-30-21(26)11-22-8-14-4-15(9-22)6-16(5-14)10-22/h3,7,14-16H,4-6,8-12H2,1-2H3,(H,23,25). The topological polar surface area (TPSA) is 108 Å². The van der Waals surface area contributed by atoms with Crippen molar-refractivity contribution in [2.45, 2.75) is 51.9 Å². The maximum atomic E-state index is 12.5. The Morgan fingerprint density at radius 1 is 1.17 bits per heavy atom. The lowest BCUT2D eigenvalue weighted by atomic mass is 9.49. The number of methoxy groups -OCH3 is 1. The first kappa shape index (κ1) is 20.6. The number of carbonyl (C=O) groups excluding carboxylic acids is 2. The molecule has 8 nitrogen and oxygen atoms in total. The lowest BCUT2D eigenvalue weighted by Crippen LogP contribution is -2.47. The molecule has 0 spiro atoms. The minimum Gasteiger partial charge on any atom is -0.490 e. The van der Waals surface area contributed by atoms with Gasteiger partial charge in [-0.1, -0.05) is 0 Å². The highest BCUT2D eigenvalue weighted by Gasteiger charge is 2.51. The van der Waals surface area contributed by atoms with Gasteiger partial charge in [-0.3, -0.25) is 19.7 Å². The summed E-state index contributed by atoms with van der Waals surface area (Å²) in [5.74, 6) is 1.53. The van der Waals surface area contributed by atoms with Gasteiger partial charge in [-0.2, -0.15) is 0 Å². The molecule has 0 radical (unpaired) electrons. The maximum absolute atomic E-state index is 12.5. The summed E-state index contributed by atoms with van der Waals surface area (Å²) in [6.45, 7) is 1.28. The van der Waals surface area contributed by atoms with Crippen molar-refractivity contribution in [2.24, 2.45) is 23.2 Å². The summed E-state index contributed by atoms with van der Waals surface area (Å²) in [5, 5.41) is 13.7. The summed E-state index contributed by atoms with van der Waals surface area (Å²) in [4.78, 5) is 35.3. The number of carbonyl (C=O) groups is 2. The number of hydrogen-bond acceptors (Lipinski definition) is 6. The van der Waals surface area contributed by atoms with E-state index in [9.17, 15) is 19.7 Å². The van der Waals surface area contributed by atoms with Crippen LogP contribution in [-0.4, -0.2) is 30.5 Å². The van der Waals surface area contributed by atoms with Crippen molar-refractivity contribution in [3.05, 3.63) is 27.8 Å². The second-order valence-electron chi connectivity index (χ2n) is 9.40. The van der Waals surface area contributed by atoms with E-state index in [2.05, 4.69) is 5.32 Å². The van der Waals surface area contributed by atoms with Crippen LogP contribution in [0.5, 0.6) is 5.75 Å². The molecule has 1 N–H and O–H groups in total. The van der Waals surface area contributed by atoms with E-state index in [0.29, 0.717) is 17.7 Å². The molecule has 0 aliphatic heterocycles. The SMILES string of the molecule is COc1cc(NC(=O)COC(=O)CC23CC4CC(CC(C4)C2)C3)c(C)cc1[N+](=O)[O-]. The van der Waals surface area contributed by atoms with Crippen molar-refractivity contribution in [1.82, 2.24) is 0 Å². The number of nitrogens with zero attached hydrogens (tertiary/aromatic N) is 1. The van der Waals surface area contributed by atoms with Gasteiger partial charge in [0.1, 0.15) is 0 Å². The zero-order chi connectivity index (χ0) is 21.5. The molecule has 0 heterocycles. The number of nitrogens with one attached hydrogen (secondary N) is 1. The number of amides is 1. The molecule has 4 aliphatic carbocycles. The first-order valence-corrected chi connectivity index (χ1v) is 10.6. The summed E-state index contributed by atoms with van der Waals surface area (Å²) >= 11 is 0. The van der Waals surface area contributed by atoms with Crippen molar-refractivity contribution in [3.63, 3.8) is 0 Å². The monoisotopic (exact) mass is 416 g/mol. The number of esters is 1. The summed E-state index contributed by atoms with van der Waals surface area (Å²) < 4.78 is 10.3. The third-order valence-corrected chi connectivity index (χ3v) is 7.05. The molecule has 4 saturated carbocycles. The number of nitro benzene ring substituents is 1. The molecule has 5 rings (SSSR count). The summed E-state index contributed by atoms with van der Waals surface area (Å²) in [6, 6.07) is 2.75. The number of aryl methyl sites for hydroxylation is 1. The molecule has 4 bridgehead atoms. The quantitative estimate of drug-likeness (QED) is 0.409. The Labute approximate surface area is 175 Å². The molecule has 30 heavy (non-hydrogen) atoms. The molecule has 1 aromatic carbocycles.